The third kappa shape index (κ3) is 3.46. The van der Waals surface area contributed by atoms with E-state index >= 15 is 0 Å². The number of pyridine rings is 1. The van der Waals surface area contributed by atoms with E-state index in [4.69, 9.17) is 16.7 Å². The molecule has 3 aromatic rings. The summed E-state index contributed by atoms with van der Waals surface area (Å²) >= 11 is 6.33. The number of fused-ring (bicyclic) bond motifs is 1. The molecule has 0 radical (unpaired) electrons. The van der Waals surface area contributed by atoms with Crippen LogP contribution in [0.1, 0.15) is 22.7 Å². The fourth-order valence-corrected chi connectivity index (χ4v) is 3.69. The number of rotatable bonds is 4. The van der Waals surface area contributed by atoms with Crippen LogP contribution in [0.2, 0.25) is 5.02 Å². The molecule has 5 nitrogen and oxygen atoms in total. The molecule has 2 heterocycles. The van der Waals surface area contributed by atoms with E-state index < -0.39 is 5.97 Å². The first-order chi connectivity index (χ1) is 13.0. The molecule has 0 spiro atoms. The van der Waals surface area contributed by atoms with Crippen LogP contribution in [0.15, 0.2) is 54.9 Å². The van der Waals surface area contributed by atoms with Gasteiger partial charge in [-0.05, 0) is 41.3 Å². The van der Waals surface area contributed by atoms with Crippen LogP contribution in [0.25, 0.3) is 11.1 Å². The fraction of sp³-hybridized carbons (Fsp3) is 0.143. The maximum absolute atomic E-state index is 10.9. The number of halogens is 1. The van der Waals surface area contributed by atoms with Crippen LogP contribution in [-0.2, 0) is 17.6 Å². The van der Waals surface area contributed by atoms with Crippen molar-refractivity contribution in [2.75, 3.05) is 5.32 Å². The van der Waals surface area contributed by atoms with Gasteiger partial charge >= 0.3 is 5.97 Å². The second kappa shape index (κ2) is 6.93. The number of anilines is 1. The highest BCUT2D eigenvalue weighted by Crippen LogP contribution is 2.42. The molecule has 1 aromatic heterocycles. The minimum atomic E-state index is -0.878. The number of phenolic OH excluding ortho intramolecular Hbond substituents is 1. The predicted molar refractivity (Wildman–Crippen MR) is 104 cm³/mol. The third-order valence-electron chi connectivity index (χ3n) is 4.77. The average Bonchev–Trinajstić information content (AvgIpc) is 3.07. The van der Waals surface area contributed by atoms with Crippen molar-refractivity contribution in [1.29, 1.82) is 0 Å². The lowest BCUT2D eigenvalue weighted by Crippen LogP contribution is -2.06. The topological polar surface area (TPSA) is 82.5 Å². The van der Waals surface area contributed by atoms with E-state index in [9.17, 15) is 9.90 Å². The van der Waals surface area contributed by atoms with Gasteiger partial charge in [-0.15, -0.1) is 0 Å². The molecule has 0 amide bonds. The van der Waals surface area contributed by atoms with E-state index in [1.807, 2.05) is 6.07 Å². The molecule has 0 fully saturated rings. The number of carboxylic acids is 1. The summed E-state index contributed by atoms with van der Waals surface area (Å²) in [4.78, 5) is 15.0. The first kappa shape index (κ1) is 17.4. The van der Waals surface area contributed by atoms with Crippen LogP contribution < -0.4 is 5.32 Å². The van der Waals surface area contributed by atoms with Crippen LogP contribution in [0.4, 0.5) is 5.69 Å². The minimum absolute atomic E-state index is 0.0364. The van der Waals surface area contributed by atoms with Crippen LogP contribution in [0, 0.1) is 0 Å². The summed E-state index contributed by atoms with van der Waals surface area (Å²) in [5, 5.41) is 23.7. The van der Waals surface area contributed by atoms with Gasteiger partial charge in [0, 0.05) is 22.3 Å². The smallest absolute Gasteiger partial charge is 0.307 e. The Balaban J connectivity index is 1.68. The van der Waals surface area contributed by atoms with Gasteiger partial charge in [0.1, 0.15) is 5.75 Å². The number of aliphatic carboxylic acids is 1. The summed E-state index contributed by atoms with van der Waals surface area (Å²) in [5.74, 6) is -0.708. The van der Waals surface area contributed by atoms with Gasteiger partial charge < -0.3 is 15.5 Å². The number of hydrogen-bond acceptors (Lipinski definition) is 4. The molecule has 0 aliphatic carbocycles. The highest BCUT2D eigenvalue weighted by molar-refractivity contribution is 6.31. The summed E-state index contributed by atoms with van der Waals surface area (Å²) in [6.45, 7) is 0. The highest BCUT2D eigenvalue weighted by atomic mass is 35.5. The first-order valence-corrected chi connectivity index (χ1v) is 8.92. The second-order valence-electron chi connectivity index (χ2n) is 6.59. The van der Waals surface area contributed by atoms with Gasteiger partial charge in [0.25, 0.3) is 0 Å². The van der Waals surface area contributed by atoms with Crippen molar-refractivity contribution in [1.82, 2.24) is 4.98 Å². The van der Waals surface area contributed by atoms with E-state index in [-0.39, 0.29) is 18.2 Å². The molecule has 0 saturated carbocycles. The Kier molecular flexibility index (Phi) is 4.46. The Morgan fingerprint density at radius 3 is 2.70 bits per heavy atom. The lowest BCUT2D eigenvalue weighted by molar-refractivity contribution is -0.136. The fourth-order valence-electron chi connectivity index (χ4n) is 3.46. The lowest BCUT2D eigenvalue weighted by atomic mass is 9.95. The maximum atomic E-state index is 10.9. The van der Waals surface area contributed by atoms with Gasteiger partial charge in [-0.25, -0.2) is 0 Å². The Labute approximate surface area is 161 Å². The van der Waals surface area contributed by atoms with Crippen molar-refractivity contribution in [2.24, 2.45) is 0 Å². The predicted octanol–water partition coefficient (Wildman–Crippen LogP) is 4.44. The van der Waals surface area contributed by atoms with E-state index in [1.54, 1.807) is 48.8 Å². The molecule has 4 rings (SSSR count). The first-order valence-electron chi connectivity index (χ1n) is 8.54. The number of carbonyl (C=O) groups is 1. The summed E-state index contributed by atoms with van der Waals surface area (Å²) in [5.41, 5.74) is 4.94. The van der Waals surface area contributed by atoms with Crippen molar-refractivity contribution in [2.45, 2.75) is 18.9 Å². The van der Waals surface area contributed by atoms with Crippen LogP contribution in [0.3, 0.4) is 0 Å². The van der Waals surface area contributed by atoms with E-state index in [2.05, 4.69) is 10.3 Å². The minimum Gasteiger partial charge on any atom is -0.507 e. The molecular formula is C21H17ClN2O3. The molecular weight excluding hydrogens is 364 g/mol. The van der Waals surface area contributed by atoms with Gasteiger partial charge in [0.15, 0.2) is 0 Å². The van der Waals surface area contributed by atoms with Crippen molar-refractivity contribution < 1.29 is 15.0 Å². The average molecular weight is 381 g/mol. The molecule has 2 aromatic carbocycles. The molecule has 1 aliphatic heterocycles. The monoisotopic (exact) mass is 380 g/mol. The number of benzene rings is 2. The van der Waals surface area contributed by atoms with Gasteiger partial charge in [-0.3, -0.25) is 9.78 Å². The van der Waals surface area contributed by atoms with Crippen molar-refractivity contribution in [3.63, 3.8) is 0 Å². The van der Waals surface area contributed by atoms with Crippen LogP contribution >= 0.6 is 11.6 Å². The largest absolute Gasteiger partial charge is 0.507 e. The summed E-state index contributed by atoms with van der Waals surface area (Å²) in [6.07, 6.45) is 4.23. The van der Waals surface area contributed by atoms with Crippen LogP contribution in [0.5, 0.6) is 5.75 Å². The lowest BCUT2D eigenvalue weighted by Gasteiger charge is -2.17. The Bertz CT molecular complexity index is 993. The summed E-state index contributed by atoms with van der Waals surface area (Å²) < 4.78 is 0. The number of nitrogens with zero attached hydrogens (tertiary/aromatic N) is 1. The highest BCUT2D eigenvalue weighted by Gasteiger charge is 2.26. The zero-order chi connectivity index (χ0) is 19.0. The van der Waals surface area contributed by atoms with Gasteiger partial charge in [0.05, 0.1) is 24.3 Å². The second-order valence-corrected chi connectivity index (χ2v) is 7.03. The number of carboxylic acid groups (broad SMARTS) is 1. The SMILES string of the molecule is O=C(O)Cc1ccc(-c2cc(Cl)cc(C3Cc4ccncc4N3)c2O)cc1. The number of aromatic nitrogens is 1. The molecule has 1 atom stereocenters. The quantitative estimate of drug-likeness (QED) is 0.623. The van der Waals surface area contributed by atoms with Crippen molar-refractivity contribution in [3.8, 4) is 16.9 Å². The Morgan fingerprint density at radius 1 is 1.22 bits per heavy atom. The molecule has 6 heteroatoms. The number of hydrogen-bond donors (Lipinski definition) is 3. The molecule has 0 saturated heterocycles. The van der Waals surface area contributed by atoms with Gasteiger partial charge in [-0.1, -0.05) is 35.9 Å². The van der Waals surface area contributed by atoms with E-state index in [0.717, 1.165) is 28.8 Å². The summed E-state index contributed by atoms with van der Waals surface area (Å²) in [7, 11) is 0. The molecule has 27 heavy (non-hydrogen) atoms. The molecule has 1 aliphatic rings. The maximum Gasteiger partial charge on any atom is 0.307 e. The molecule has 1 unspecified atom stereocenters. The van der Waals surface area contributed by atoms with E-state index in [1.165, 1.54) is 0 Å². The number of nitrogens with one attached hydrogen (secondary N) is 1. The normalized spacial score (nSPS) is 15.2. The zero-order valence-electron chi connectivity index (χ0n) is 14.3. The van der Waals surface area contributed by atoms with Crippen LogP contribution in [-0.4, -0.2) is 21.2 Å². The zero-order valence-corrected chi connectivity index (χ0v) is 15.1. The van der Waals surface area contributed by atoms with Crippen molar-refractivity contribution >= 4 is 23.3 Å². The van der Waals surface area contributed by atoms with Gasteiger partial charge in [-0.2, -0.15) is 0 Å². The summed E-state index contributed by atoms with van der Waals surface area (Å²) in [6, 6.07) is 12.5. The molecule has 0 bridgehead atoms. The molecule has 3 N–H and O–H groups in total. The Hall–Kier alpha value is -3.05. The Morgan fingerprint density at radius 2 is 2.00 bits per heavy atom. The van der Waals surface area contributed by atoms with Crippen molar-refractivity contribution in [3.05, 3.63) is 76.6 Å². The van der Waals surface area contributed by atoms with Gasteiger partial charge in [0.2, 0.25) is 0 Å². The standard InChI is InChI=1S/C21H17ClN2O3/c22-15-9-16(13-3-1-12(2-4-13)7-20(25)26)21(27)17(10-15)18-8-14-5-6-23-11-19(14)24-18/h1-6,9-11,18,24,27H,7-8H2,(H,25,26). The van der Waals surface area contributed by atoms with E-state index in [0.29, 0.717) is 16.1 Å². The number of aromatic hydroxyl groups is 1. The molecule has 136 valence electrons. The number of phenols is 1. The third-order valence-corrected chi connectivity index (χ3v) is 4.98.